The number of hydrogen-bond acceptors (Lipinski definition) is 6. The number of esters is 1. The molecule has 8 nitrogen and oxygen atoms in total. The molecule has 0 heterocycles. The number of hydrogen-bond donors (Lipinski definition) is 2. The molecule has 0 atom stereocenters. The Hall–Kier alpha value is -4.53. The van der Waals surface area contributed by atoms with Crippen LogP contribution in [-0.4, -0.2) is 37.7 Å². The zero-order chi connectivity index (χ0) is 23.6. The van der Waals surface area contributed by atoms with Crippen molar-refractivity contribution in [3.63, 3.8) is 0 Å². The Morgan fingerprint density at radius 1 is 0.939 bits per heavy atom. The van der Waals surface area contributed by atoms with Gasteiger partial charge in [-0.25, -0.2) is 14.6 Å². The summed E-state index contributed by atoms with van der Waals surface area (Å²) < 4.78 is 23.3. The van der Waals surface area contributed by atoms with Gasteiger partial charge >= 0.3 is 5.97 Å². The summed E-state index contributed by atoms with van der Waals surface area (Å²) in [6.07, 6.45) is 1.37. The largest absolute Gasteiger partial charge is 0.497 e. The second kappa shape index (κ2) is 11.2. The van der Waals surface area contributed by atoms with Gasteiger partial charge in [0.25, 0.3) is 11.8 Å². The lowest BCUT2D eigenvalue weighted by Crippen LogP contribution is -2.34. The van der Waals surface area contributed by atoms with E-state index >= 15 is 0 Å². The molecule has 0 saturated heterocycles. The standard InChI is InChI=1S/C24H20FN3O5/c1-32-20-11-7-18(8-12-20)24(31)33-21-4-2-3-16(13-21)14-27-28-22(29)15-26-23(30)17-5-9-19(25)10-6-17/h2-14H,15H2,1H3,(H,26,30)(H,28,29)/b27-14+. The highest BCUT2D eigenvalue weighted by Gasteiger charge is 2.10. The fourth-order valence-electron chi connectivity index (χ4n) is 2.63. The molecule has 0 fully saturated rings. The monoisotopic (exact) mass is 449 g/mol. The van der Waals surface area contributed by atoms with E-state index < -0.39 is 23.6 Å². The van der Waals surface area contributed by atoms with Crippen LogP contribution in [0.15, 0.2) is 77.9 Å². The van der Waals surface area contributed by atoms with Gasteiger partial charge in [0, 0.05) is 5.56 Å². The maximum atomic E-state index is 12.9. The van der Waals surface area contributed by atoms with Crippen LogP contribution in [0.4, 0.5) is 4.39 Å². The molecule has 2 N–H and O–H groups in total. The lowest BCUT2D eigenvalue weighted by atomic mass is 10.2. The first-order valence-corrected chi connectivity index (χ1v) is 9.76. The fourth-order valence-corrected chi connectivity index (χ4v) is 2.63. The van der Waals surface area contributed by atoms with Gasteiger partial charge < -0.3 is 14.8 Å². The number of nitrogens with zero attached hydrogens (tertiary/aromatic N) is 1. The maximum absolute atomic E-state index is 12.9. The van der Waals surface area contributed by atoms with Crippen LogP contribution in [0.1, 0.15) is 26.3 Å². The molecule has 2 amide bonds. The highest BCUT2D eigenvalue weighted by Crippen LogP contribution is 2.16. The van der Waals surface area contributed by atoms with Crippen molar-refractivity contribution in [2.45, 2.75) is 0 Å². The van der Waals surface area contributed by atoms with Gasteiger partial charge in [0.15, 0.2) is 0 Å². The minimum atomic E-state index is -0.552. The number of nitrogens with one attached hydrogen (secondary N) is 2. The summed E-state index contributed by atoms with van der Waals surface area (Å²) in [5.74, 6) is -1.13. The van der Waals surface area contributed by atoms with Crippen molar-refractivity contribution in [1.29, 1.82) is 0 Å². The normalized spacial score (nSPS) is 10.5. The topological polar surface area (TPSA) is 106 Å². The summed E-state index contributed by atoms with van der Waals surface area (Å²) in [6.45, 7) is -0.312. The Bertz CT molecular complexity index is 1160. The van der Waals surface area contributed by atoms with E-state index in [0.717, 1.165) is 12.1 Å². The molecule has 168 valence electrons. The van der Waals surface area contributed by atoms with E-state index in [9.17, 15) is 18.8 Å². The highest BCUT2D eigenvalue weighted by molar-refractivity contribution is 5.96. The number of methoxy groups -OCH3 is 1. The molecule has 3 aromatic rings. The Kier molecular flexibility index (Phi) is 7.85. The number of carbonyl (C=O) groups excluding carboxylic acids is 3. The number of halogens is 1. The van der Waals surface area contributed by atoms with Crippen LogP contribution in [0.2, 0.25) is 0 Å². The molecule has 3 rings (SSSR count). The average Bonchev–Trinajstić information content (AvgIpc) is 2.83. The van der Waals surface area contributed by atoms with Crippen molar-refractivity contribution in [3.05, 3.63) is 95.3 Å². The van der Waals surface area contributed by atoms with Crippen LogP contribution < -0.4 is 20.2 Å². The third-order valence-electron chi connectivity index (χ3n) is 4.31. The number of ether oxygens (including phenoxy) is 2. The van der Waals surface area contributed by atoms with Crippen molar-refractivity contribution in [2.24, 2.45) is 5.10 Å². The summed E-state index contributed by atoms with van der Waals surface area (Å²) in [5.41, 5.74) is 3.45. The molecule has 0 spiro atoms. The van der Waals surface area contributed by atoms with Crippen molar-refractivity contribution in [1.82, 2.24) is 10.7 Å². The molecular weight excluding hydrogens is 429 g/mol. The van der Waals surface area contributed by atoms with Crippen molar-refractivity contribution >= 4 is 24.0 Å². The molecule has 0 unspecified atom stereocenters. The van der Waals surface area contributed by atoms with Gasteiger partial charge in [0.05, 0.1) is 25.4 Å². The van der Waals surface area contributed by atoms with E-state index in [4.69, 9.17) is 9.47 Å². The van der Waals surface area contributed by atoms with E-state index in [0.29, 0.717) is 22.6 Å². The highest BCUT2D eigenvalue weighted by atomic mass is 19.1. The molecule has 0 bridgehead atoms. The van der Waals surface area contributed by atoms with Crippen LogP contribution in [0, 0.1) is 5.82 Å². The summed E-state index contributed by atoms with van der Waals surface area (Å²) in [7, 11) is 1.53. The molecule has 0 aromatic heterocycles. The molecular formula is C24H20FN3O5. The SMILES string of the molecule is COc1ccc(C(=O)Oc2cccc(/C=N/NC(=O)CNC(=O)c3ccc(F)cc3)c2)cc1. The van der Waals surface area contributed by atoms with Gasteiger partial charge in [-0.3, -0.25) is 9.59 Å². The first kappa shape index (κ1) is 23.1. The maximum Gasteiger partial charge on any atom is 0.343 e. The van der Waals surface area contributed by atoms with E-state index in [-0.39, 0.29) is 12.1 Å². The lowest BCUT2D eigenvalue weighted by molar-refractivity contribution is -0.120. The predicted molar refractivity (Wildman–Crippen MR) is 119 cm³/mol. The van der Waals surface area contributed by atoms with Gasteiger partial charge in [-0.2, -0.15) is 5.10 Å². The number of carbonyl (C=O) groups is 3. The van der Waals surface area contributed by atoms with Crippen molar-refractivity contribution in [3.8, 4) is 11.5 Å². The van der Waals surface area contributed by atoms with Gasteiger partial charge in [-0.15, -0.1) is 0 Å². The number of rotatable bonds is 8. The Morgan fingerprint density at radius 2 is 1.64 bits per heavy atom. The third-order valence-corrected chi connectivity index (χ3v) is 4.31. The van der Waals surface area contributed by atoms with Crippen molar-refractivity contribution < 1.29 is 28.2 Å². The van der Waals surface area contributed by atoms with Crippen LogP contribution in [-0.2, 0) is 4.79 Å². The minimum absolute atomic E-state index is 0.230. The van der Waals surface area contributed by atoms with Crippen LogP contribution in [0.25, 0.3) is 0 Å². The molecule has 0 radical (unpaired) electrons. The van der Waals surface area contributed by atoms with E-state index in [1.54, 1.807) is 48.5 Å². The summed E-state index contributed by atoms with van der Waals surface area (Å²) in [5, 5.41) is 6.23. The smallest absolute Gasteiger partial charge is 0.343 e. The first-order valence-electron chi connectivity index (χ1n) is 9.76. The predicted octanol–water partition coefficient (Wildman–Crippen LogP) is 2.93. The third kappa shape index (κ3) is 7.00. The number of hydrazone groups is 1. The molecule has 0 aliphatic heterocycles. The van der Waals surface area contributed by atoms with E-state index in [1.165, 1.54) is 25.5 Å². The average molecular weight is 449 g/mol. The minimum Gasteiger partial charge on any atom is -0.497 e. The van der Waals surface area contributed by atoms with Crippen molar-refractivity contribution in [2.75, 3.05) is 13.7 Å². The molecule has 0 aliphatic carbocycles. The Balaban J connectivity index is 1.49. The summed E-state index contributed by atoms with van der Waals surface area (Å²) in [4.78, 5) is 36.0. The van der Waals surface area contributed by atoms with Gasteiger partial charge in [0.1, 0.15) is 17.3 Å². The number of amides is 2. The molecule has 33 heavy (non-hydrogen) atoms. The summed E-state index contributed by atoms with van der Waals surface area (Å²) >= 11 is 0. The number of benzene rings is 3. The molecule has 0 aliphatic rings. The van der Waals surface area contributed by atoms with Crippen LogP contribution >= 0.6 is 0 Å². The van der Waals surface area contributed by atoms with Gasteiger partial charge in [0.2, 0.25) is 0 Å². The van der Waals surface area contributed by atoms with E-state index in [2.05, 4.69) is 15.8 Å². The van der Waals surface area contributed by atoms with Gasteiger partial charge in [-0.1, -0.05) is 12.1 Å². The molecule has 3 aromatic carbocycles. The van der Waals surface area contributed by atoms with E-state index in [1.807, 2.05) is 0 Å². The zero-order valence-electron chi connectivity index (χ0n) is 17.6. The summed E-state index contributed by atoms with van der Waals surface area (Å²) in [6, 6.07) is 18.0. The second-order valence-electron chi connectivity index (χ2n) is 6.67. The zero-order valence-corrected chi connectivity index (χ0v) is 17.6. The van der Waals surface area contributed by atoms with Crippen LogP contribution in [0.5, 0.6) is 11.5 Å². The fraction of sp³-hybridized carbons (Fsp3) is 0.0833. The van der Waals surface area contributed by atoms with Crippen LogP contribution in [0.3, 0.4) is 0 Å². The Morgan fingerprint density at radius 3 is 2.33 bits per heavy atom. The quantitative estimate of drug-likeness (QED) is 0.238. The molecule has 0 saturated carbocycles. The lowest BCUT2D eigenvalue weighted by Gasteiger charge is -2.06. The Labute approximate surface area is 189 Å². The first-order chi connectivity index (χ1) is 15.9. The second-order valence-corrected chi connectivity index (χ2v) is 6.67. The van der Waals surface area contributed by atoms with Gasteiger partial charge in [-0.05, 0) is 66.2 Å². The molecule has 9 heteroatoms.